The number of rotatable bonds is 5. The zero-order chi connectivity index (χ0) is 38.3. The monoisotopic (exact) mass is 715 g/mol. The molecule has 1 aromatic heterocycles. The molecule has 0 aliphatic heterocycles. The van der Waals surface area contributed by atoms with Crippen molar-refractivity contribution < 1.29 is 4.42 Å². The van der Waals surface area contributed by atoms with Crippen molar-refractivity contribution in [2.45, 2.75) is 71.6 Å². The summed E-state index contributed by atoms with van der Waals surface area (Å²) in [6, 6.07) is 55.6. The van der Waals surface area contributed by atoms with Crippen LogP contribution in [0.25, 0.3) is 55.3 Å². The largest absolute Gasteiger partial charge is 0.455 e. The lowest BCUT2D eigenvalue weighted by atomic mass is 9.79. The van der Waals surface area contributed by atoms with Crippen LogP contribution in [0.2, 0.25) is 0 Å². The molecule has 0 amide bonds. The van der Waals surface area contributed by atoms with E-state index in [0.29, 0.717) is 0 Å². The molecule has 9 rings (SSSR count). The van der Waals surface area contributed by atoms with Crippen LogP contribution in [-0.4, -0.2) is 0 Å². The lowest BCUT2D eigenvalue weighted by molar-refractivity contribution is 0.559. The van der Waals surface area contributed by atoms with Gasteiger partial charge in [0.1, 0.15) is 11.2 Å². The van der Waals surface area contributed by atoms with Crippen molar-refractivity contribution in [3.63, 3.8) is 0 Å². The third-order valence-corrected chi connectivity index (χ3v) is 11.8. The number of hydrogen-bond acceptors (Lipinski definition) is 2. The van der Waals surface area contributed by atoms with Crippen LogP contribution >= 0.6 is 0 Å². The summed E-state index contributed by atoms with van der Waals surface area (Å²) in [4.78, 5) is 2.39. The molecule has 0 atom stereocenters. The standard InChI is InChI=1S/C53H49NO/c1-51(2,3)38-31-44-42-29-30-45-48(50(42)55-49(44)47(32-38)52(4,5)6)43-28-27-41(33-46(43)53(45,7)8)54(39-23-19-36(20-24-39)34-15-11-9-12-16-34)40-25-21-37(22-26-40)35-17-13-10-14-18-35/h9-33H,1-8H3. The molecule has 55 heavy (non-hydrogen) atoms. The highest BCUT2D eigenvalue weighted by molar-refractivity contribution is 6.13. The highest BCUT2D eigenvalue weighted by Crippen LogP contribution is 2.54. The van der Waals surface area contributed by atoms with E-state index in [1.165, 1.54) is 66.4 Å². The molecule has 1 heterocycles. The Labute approximate surface area is 326 Å². The summed E-state index contributed by atoms with van der Waals surface area (Å²) < 4.78 is 7.07. The molecule has 8 aromatic rings. The number of benzene rings is 7. The molecule has 272 valence electrons. The van der Waals surface area contributed by atoms with Crippen molar-refractivity contribution in [1.29, 1.82) is 0 Å². The second kappa shape index (κ2) is 12.6. The first kappa shape index (κ1) is 34.9. The molecule has 2 nitrogen and oxygen atoms in total. The summed E-state index contributed by atoms with van der Waals surface area (Å²) in [5.74, 6) is 0. The fourth-order valence-corrected chi connectivity index (χ4v) is 8.59. The van der Waals surface area contributed by atoms with Crippen LogP contribution in [0, 0.1) is 0 Å². The van der Waals surface area contributed by atoms with Gasteiger partial charge in [0.15, 0.2) is 0 Å². The van der Waals surface area contributed by atoms with Crippen molar-refractivity contribution in [2.24, 2.45) is 0 Å². The molecule has 0 unspecified atom stereocenters. The normalized spacial score (nSPS) is 13.6. The van der Waals surface area contributed by atoms with Gasteiger partial charge in [0.2, 0.25) is 0 Å². The number of anilines is 3. The average Bonchev–Trinajstić information content (AvgIpc) is 3.67. The van der Waals surface area contributed by atoms with E-state index in [0.717, 1.165) is 28.2 Å². The molecular weight excluding hydrogens is 667 g/mol. The van der Waals surface area contributed by atoms with E-state index in [1.54, 1.807) is 0 Å². The Morgan fingerprint density at radius 2 is 0.982 bits per heavy atom. The number of fused-ring (bicyclic) bond motifs is 7. The minimum atomic E-state index is -0.225. The van der Waals surface area contributed by atoms with Crippen molar-refractivity contribution in [3.05, 3.63) is 174 Å². The second-order valence-corrected chi connectivity index (χ2v) is 17.9. The molecule has 1 aliphatic carbocycles. The SMILES string of the molecule is CC(C)(C)c1cc(C(C)(C)C)c2oc3c4c(ccc3c2c1)C(C)(C)c1cc(N(c2ccc(-c3ccccc3)cc2)c2ccc(-c3ccccc3)cc2)ccc1-4. The first-order valence-corrected chi connectivity index (χ1v) is 19.6. The molecule has 0 bridgehead atoms. The Kier molecular flexibility index (Phi) is 7.99. The minimum Gasteiger partial charge on any atom is -0.455 e. The zero-order valence-corrected chi connectivity index (χ0v) is 33.3. The molecule has 2 heteroatoms. The van der Waals surface area contributed by atoms with E-state index in [9.17, 15) is 0 Å². The maximum Gasteiger partial charge on any atom is 0.143 e. The Morgan fingerprint density at radius 3 is 1.51 bits per heavy atom. The molecular formula is C53H49NO. The summed E-state index contributed by atoms with van der Waals surface area (Å²) in [6.07, 6.45) is 0. The highest BCUT2D eigenvalue weighted by atomic mass is 16.3. The fraction of sp³-hybridized carbons (Fsp3) is 0.208. The number of furan rings is 1. The third-order valence-electron chi connectivity index (χ3n) is 11.8. The molecule has 7 aromatic carbocycles. The quantitative estimate of drug-likeness (QED) is 0.176. The maximum atomic E-state index is 7.07. The van der Waals surface area contributed by atoms with Crippen LogP contribution in [0.3, 0.4) is 0 Å². The van der Waals surface area contributed by atoms with Gasteiger partial charge in [0.05, 0.1) is 0 Å². The summed E-state index contributed by atoms with van der Waals surface area (Å²) >= 11 is 0. The highest BCUT2D eigenvalue weighted by Gasteiger charge is 2.39. The third kappa shape index (κ3) is 5.87. The number of nitrogens with zero attached hydrogens (tertiary/aromatic N) is 1. The molecule has 0 spiro atoms. The van der Waals surface area contributed by atoms with Gasteiger partial charge in [0.25, 0.3) is 0 Å². The summed E-state index contributed by atoms with van der Waals surface area (Å²) in [5, 5.41) is 2.40. The fourth-order valence-electron chi connectivity index (χ4n) is 8.59. The van der Waals surface area contributed by atoms with E-state index in [4.69, 9.17) is 4.42 Å². The minimum absolute atomic E-state index is 0.0229. The molecule has 0 saturated heterocycles. The number of hydrogen-bond donors (Lipinski definition) is 0. The van der Waals surface area contributed by atoms with Crippen LogP contribution in [0.1, 0.15) is 77.6 Å². The van der Waals surface area contributed by atoms with Gasteiger partial charge in [-0.1, -0.05) is 165 Å². The summed E-state index contributed by atoms with van der Waals surface area (Å²) in [7, 11) is 0. The Balaban J connectivity index is 1.21. The van der Waals surface area contributed by atoms with Crippen LogP contribution in [0.5, 0.6) is 0 Å². The molecule has 0 radical (unpaired) electrons. The van der Waals surface area contributed by atoms with E-state index < -0.39 is 0 Å². The van der Waals surface area contributed by atoms with Crippen molar-refractivity contribution in [2.75, 3.05) is 4.90 Å². The van der Waals surface area contributed by atoms with Gasteiger partial charge in [-0.05, 0) is 97.8 Å². The van der Waals surface area contributed by atoms with Crippen LogP contribution in [0.4, 0.5) is 17.1 Å². The first-order chi connectivity index (χ1) is 26.3. The lowest BCUT2D eigenvalue weighted by Crippen LogP contribution is -2.16. The molecule has 0 fully saturated rings. The average molecular weight is 716 g/mol. The van der Waals surface area contributed by atoms with Gasteiger partial charge in [0, 0.05) is 44.4 Å². The second-order valence-electron chi connectivity index (χ2n) is 17.9. The predicted molar refractivity (Wildman–Crippen MR) is 234 cm³/mol. The van der Waals surface area contributed by atoms with Gasteiger partial charge in [-0.15, -0.1) is 0 Å². The molecule has 0 saturated carbocycles. The van der Waals surface area contributed by atoms with E-state index in [2.05, 4.69) is 212 Å². The lowest BCUT2D eigenvalue weighted by Gasteiger charge is -2.28. The van der Waals surface area contributed by atoms with Gasteiger partial charge in [-0.25, -0.2) is 0 Å². The van der Waals surface area contributed by atoms with E-state index >= 15 is 0 Å². The topological polar surface area (TPSA) is 16.4 Å². The molecule has 0 N–H and O–H groups in total. The Hall–Kier alpha value is -5.86. The summed E-state index contributed by atoms with van der Waals surface area (Å²) in [5.41, 5.74) is 17.6. The van der Waals surface area contributed by atoms with Crippen molar-refractivity contribution >= 4 is 39.0 Å². The zero-order valence-electron chi connectivity index (χ0n) is 33.3. The smallest absolute Gasteiger partial charge is 0.143 e. The molecule has 1 aliphatic rings. The van der Waals surface area contributed by atoms with Crippen LogP contribution in [0.15, 0.2) is 156 Å². The van der Waals surface area contributed by atoms with Crippen molar-refractivity contribution in [3.8, 4) is 33.4 Å². The van der Waals surface area contributed by atoms with Gasteiger partial charge in [-0.2, -0.15) is 0 Å². The Bertz CT molecular complexity index is 2620. The maximum absolute atomic E-state index is 7.07. The van der Waals surface area contributed by atoms with Gasteiger partial charge in [-0.3, -0.25) is 0 Å². The summed E-state index contributed by atoms with van der Waals surface area (Å²) in [6.45, 7) is 18.5. The van der Waals surface area contributed by atoms with E-state index in [-0.39, 0.29) is 16.2 Å². The van der Waals surface area contributed by atoms with Crippen LogP contribution < -0.4 is 4.90 Å². The predicted octanol–water partition coefficient (Wildman–Crippen LogP) is 15.3. The Morgan fingerprint density at radius 1 is 0.455 bits per heavy atom. The van der Waals surface area contributed by atoms with Gasteiger partial charge >= 0.3 is 0 Å². The van der Waals surface area contributed by atoms with E-state index in [1.807, 2.05) is 0 Å². The first-order valence-electron chi connectivity index (χ1n) is 19.6. The van der Waals surface area contributed by atoms with Crippen LogP contribution in [-0.2, 0) is 16.2 Å². The van der Waals surface area contributed by atoms with Gasteiger partial charge < -0.3 is 9.32 Å². The van der Waals surface area contributed by atoms with Crippen molar-refractivity contribution in [1.82, 2.24) is 0 Å².